The van der Waals surface area contributed by atoms with Crippen LogP contribution in [0, 0.1) is 0 Å². The molecule has 1 aromatic carbocycles. The van der Waals surface area contributed by atoms with E-state index >= 15 is 0 Å². The molecule has 1 atom stereocenters. The van der Waals surface area contributed by atoms with Gasteiger partial charge in [0.15, 0.2) is 0 Å². The molecule has 0 saturated heterocycles. The number of fused-ring (bicyclic) bond motifs is 1. The van der Waals surface area contributed by atoms with Gasteiger partial charge in [-0.1, -0.05) is 35.6 Å². The first-order valence-corrected chi connectivity index (χ1v) is 9.14. The van der Waals surface area contributed by atoms with Gasteiger partial charge in [0.25, 0.3) is 0 Å². The quantitative estimate of drug-likeness (QED) is 0.804. The van der Waals surface area contributed by atoms with Gasteiger partial charge in [-0.15, -0.1) is 10.2 Å². The van der Waals surface area contributed by atoms with Crippen LogP contribution in [-0.2, 0) is 11.2 Å². The standard InChI is InChI=1S/C17H22N4O2S/c22-10-4-9-21(11-16(23)19-17-20-18-12-24-17)15-8-3-6-13-5-1-2-7-14(13)15/h1-2,5,7,12,15,22H,3-4,6,8-11H2,(H,19,20,23). The van der Waals surface area contributed by atoms with E-state index in [1.54, 1.807) is 5.51 Å². The van der Waals surface area contributed by atoms with Crippen LogP contribution in [-0.4, -0.2) is 45.8 Å². The van der Waals surface area contributed by atoms with Crippen LogP contribution in [0.3, 0.4) is 0 Å². The zero-order chi connectivity index (χ0) is 16.8. The predicted molar refractivity (Wildman–Crippen MR) is 93.9 cm³/mol. The molecule has 7 heteroatoms. The molecule has 2 N–H and O–H groups in total. The minimum atomic E-state index is -0.0901. The van der Waals surface area contributed by atoms with Gasteiger partial charge in [0.1, 0.15) is 5.51 Å². The first kappa shape index (κ1) is 17.0. The summed E-state index contributed by atoms with van der Waals surface area (Å²) in [6.45, 7) is 1.11. The second kappa shape index (κ2) is 8.32. The van der Waals surface area contributed by atoms with Crippen molar-refractivity contribution in [3.8, 4) is 0 Å². The average Bonchev–Trinajstić information content (AvgIpc) is 3.11. The number of aromatic nitrogens is 2. The van der Waals surface area contributed by atoms with Gasteiger partial charge < -0.3 is 5.11 Å². The maximum Gasteiger partial charge on any atom is 0.240 e. The smallest absolute Gasteiger partial charge is 0.240 e. The number of nitrogens with zero attached hydrogens (tertiary/aromatic N) is 3. The highest BCUT2D eigenvalue weighted by Gasteiger charge is 2.27. The van der Waals surface area contributed by atoms with Gasteiger partial charge in [-0.05, 0) is 36.8 Å². The lowest BCUT2D eigenvalue weighted by Crippen LogP contribution is -2.38. The Balaban J connectivity index is 1.73. The normalized spacial score (nSPS) is 16.8. The summed E-state index contributed by atoms with van der Waals surface area (Å²) >= 11 is 1.31. The molecule has 0 aliphatic heterocycles. The molecule has 1 aromatic heterocycles. The molecule has 0 bridgehead atoms. The molecular formula is C17H22N4O2S. The molecule has 128 valence electrons. The second-order valence-electron chi connectivity index (χ2n) is 5.95. The molecule has 3 rings (SSSR count). The summed E-state index contributed by atoms with van der Waals surface area (Å²) in [5.74, 6) is -0.0901. The van der Waals surface area contributed by atoms with Crippen molar-refractivity contribution in [2.45, 2.75) is 31.7 Å². The highest BCUT2D eigenvalue weighted by Crippen LogP contribution is 2.34. The monoisotopic (exact) mass is 346 g/mol. The van der Waals surface area contributed by atoms with Crippen LogP contribution in [0.4, 0.5) is 5.13 Å². The van der Waals surface area contributed by atoms with Crippen LogP contribution in [0.25, 0.3) is 0 Å². The number of hydrogen-bond acceptors (Lipinski definition) is 6. The Morgan fingerprint density at radius 3 is 3.08 bits per heavy atom. The van der Waals surface area contributed by atoms with E-state index in [9.17, 15) is 9.90 Å². The first-order chi connectivity index (χ1) is 11.8. The molecule has 0 radical (unpaired) electrons. The van der Waals surface area contributed by atoms with Crippen LogP contribution >= 0.6 is 11.3 Å². The fourth-order valence-electron chi connectivity index (χ4n) is 3.30. The number of benzene rings is 1. The highest BCUT2D eigenvalue weighted by atomic mass is 32.1. The number of carbonyl (C=O) groups excluding carboxylic acids is 1. The van der Waals surface area contributed by atoms with Crippen molar-refractivity contribution in [2.24, 2.45) is 0 Å². The van der Waals surface area contributed by atoms with E-state index in [0.29, 0.717) is 24.6 Å². The topological polar surface area (TPSA) is 78.4 Å². The number of aliphatic hydroxyl groups excluding tert-OH is 1. The summed E-state index contributed by atoms with van der Waals surface area (Å²) in [5.41, 5.74) is 4.27. The molecule has 0 fully saturated rings. The summed E-state index contributed by atoms with van der Waals surface area (Å²) in [7, 11) is 0. The number of rotatable bonds is 7. The number of amides is 1. The summed E-state index contributed by atoms with van der Waals surface area (Å²) in [5, 5.41) is 20.1. The van der Waals surface area contributed by atoms with Crippen LogP contribution in [0.15, 0.2) is 29.8 Å². The molecule has 0 spiro atoms. The van der Waals surface area contributed by atoms with E-state index in [1.165, 1.54) is 22.5 Å². The third-order valence-electron chi connectivity index (χ3n) is 4.34. The van der Waals surface area contributed by atoms with Gasteiger partial charge in [-0.25, -0.2) is 0 Å². The van der Waals surface area contributed by atoms with Crippen molar-refractivity contribution in [2.75, 3.05) is 25.0 Å². The molecule has 1 amide bonds. The van der Waals surface area contributed by atoms with E-state index in [1.807, 2.05) is 0 Å². The third-order valence-corrected chi connectivity index (χ3v) is 4.94. The van der Waals surface area contributed by atoms with Crippen LogP contribution < -0.4 is 5.32 Å². The number of aliphatic hydroxyl groups is 1. The Labute approximate surface area is 145 Å². The lowest BCUT2D eigenvalue weighted by Gasteiger charge is -2.35. The Hall–Kier alpha value is -1.83. The summed E-state index contributed by atoms with van der Waals surface area (Å²) < 4.78 is 0. The Bertz CT molecular complexity index is 662. The Morgan fingerprint density at radius 1 is 1.42 bits per heavy atom. The second-order valence-corrected chi connectivity index (χ2v) is 6.78. The van der Waals surface area contributed by atoms with Crippen molar-refractivity contribution in [3.05, 3.63) is 40.9 Å². The largest absolute Gasteiger partial charge is 0.396 e. The van der Waals surface area contributed by atoms with Gasteiger partial charge >= 0.3 is 0 Å². The number of nitrogens with one attached hydrogen (secondary N) is 1. The predicted octanol–water partition coefficient (Wildman–Crippen LogP) is 2.24. The lowest BCUT2D eigenvalue weighted by molar-refractivity contribution is -0.118. The summed E-state index contributed by atoms with van der Waals surface area (Å²) in [6, 6.07) is 8.69. The Morgan fingerprint density at radius 2 is 2.29 bits per heavy atom. The molecular weight excluding hydrogens is 324 g/mol. The maximum absolute atomic E-state index is 12.4. The molecule has 1 heterocycles. The SMILES string of the molecule is O=C(CN(CCCO)C1CCCc2ccccc21)Nc1nncs1. The Kier molecular flexibility index (Phi) is 5.90. The molecule has 0 saturated carbocycles. The summed E-state index contributed by atoms with van der Waals surface area (Å²) in [6.07, 6.45) is 3.91. The lowest BCUT2D eigenvalue weighted by atomic mass is 9.86. The third kappa shape index (κ3) is 4.17. The zero-order valence-corrected chi connectivity index (χ0v) is 14.3. The number of anilines is 1. The van der Waals surface area contributed by atoms with Crippen molar-refractivity contribution in [1.29, 1.82) is 0 Å². The van der Waals surface area contributed by atoms with E-state index in [2.05, 4.69) is 44.7 Å². The van der Waals surface area contributed by atoms with Crippen LogP contribution in [0.5, 0.6) is 0 Å². The van der Waals surface area contributed by atoms with Gasteiger partial charge in [0.2, 0.25) is 11.0 Å². The van der Waals surface area contributed by atoms with E-state index in [4.69, 9.17) is 0 Å². The van der Waals surface area contributed by atoms with E-state index < -0.39 is 0 Å². The number of hydrogen-bond donors (Lipinski definition) is 2. The molecule has 1 unspecified atom stereocenters. The van der Waals surface area contributed by atoms with Gasteiger partial charge in [-0.2, -0.15) is 0 Å². The average molecular weight is 346 g/mol. The van der Waals surface area contributed by atoms with E-state index in [-0.39, 0.29) is 18.6 Å². The first-order valence-electron chi connectivity index (χ1n) is 8.26. The molecule has 1 aliphatic carbocycles. The zero-order valence-electron chi connectivity index (χ0n) is 13.5. The van der Waals surface area contributed by atoms with Gasteiger partial charge in [0, 0.05) is 19.2 Å². The maximum atomic E-state index is 12.4. The van der Waals surface area contributed by atoms with Gasteiger partial charge in [-0.3, -0.25) is 15.0 Å². The number of carbonyl (C=O) groups is 1. The summed E-state index contributed by atoms with van der Waals surface area (Å²) in [4.78, 5) is 14.5. The van der Waals surface area contributed by atoms with Crippen LogP contribution in [0.2, 0.25) is 0 Å². The minimum Gasteiger partial charge on any atom is -0.396 e. The molecule has 24 heavy (non-hydrogen) atoms. The van der Waals surface area contributed by atoms with Crippen molar-refractivity contribution in [3.63, 3.8) is 0 Å². The van der Waals surface area contributed by atoms with Gasteiger partial charge in [0.05, 0.1) is 6.54 Å². The van der Waals surface area contributed by atoms with Crippen molar-refractivity contribution < 1.29 is 9.90 Å². The minimum absolute atomic E-state index is 0.0901. The van der Waals surface area contributed by atoms with E-state index in [0.717, 1.165) is 19.3 Å². The fourth-order valence-corrected chi connectivity index (χ4v) is 3.76. The molecule has 1 aliphatic rings. The fraction of sp³-hybridized carbons (Fsp3) is 0.471. The van der Waals surface area contributed by atoms with Crippen molar-refractivity contribution >= 4 is 22.4 Å². The number of aryl methyl sites for hydroxylation is 1. The van der Waals surface area contributed by atoms with Crippen LogP contribution in [0.1, 0.15) is 36.4 Å². The van der Waals surface area contributed by atoms with Crippen molar-refractivity contribution in [1.82, 2.24) is 15.1 Å². The molecule has 6 nitrogen and oxygen atoms in total. The molecule has 2 aromatic rings. The highest BCUT2D eigenvalue weighted by molar-refractivity contribution is 7.13.